The number of guanidine groups is 1. The van der Waals surface area contributed by atoms with Gasteiger partial charge in [-0.15, -0.1) is 0 Å². The molecule has 0 aliphatic carbocycles. The predicted molar refractivity (Wildman–Crippen MR) is 110 cm³/mol. The van der Waals surface area contributed by atoms with Gasteiger partial charge in [0.1, 0.15) is 0 Å². The van der Waals surface area contributed by atoms with E-state index in [0.29, 0.717) is 24.6 Å². The largest absolute Gasteiger partial charge is 0.354 e. The highest BCUT2D eigenvalue weighted by Crippen LogP contribution is 2.26. The molecule has 27 heavy (non-hydrogen) atoms. The Balaban J connectivity index is 1.44. The van der Waals surface area contributed by atoms with E-state index in [9.17, 15) is 4.79 Å². The third-order valence-electron chi connectivity index (χ3n) is 4.94. The van der Waals surface area contributed by atoms with Gasteiger partial charge in [0.15, 0.2) is 5.96 Å². The molecule has 5 nitrogen and oxygen atoms in total. The van der Waals surface area contributed by atoms with E-state index in [-0.39, 0.29) is 5.91 Å². The number of rotatable bonds is 5. The Kier molecular flexibility index (Phi) is 6.47. The molecule has 1 fully saturated rings. The second-order valence-corrected chi connectivity index (χ2v) is 6.94. The number of hydrogen-bond acceptors (Lipinski definition) is 2. The second-order valence-electron chi connectivity index (χ2n) is 6.94. The van der Waals surface area contributed by atoms with Crippen LogP contribution in [0.3, 0.4) is 0 Å². The van der Waals surface area contributed by atoms with Crippen molar-refractivity contribution in [3.8, 4) is 0 Å². The number of amides is 1. The molecule has 3 rings (SSSR count). The Hall–Kier alpha value is -2.82. The highest BCUT2D eigenvalue weighted by atomic mass is 16.1. The van der Waals surface area contributed by atoms with Crippen molar-refractivity contribution >= 4 is 11.9 Å². The zero-order valence-corrected chi connectivity index (χ0v) is 16.1. The van der Waals surface area contributed by atoms with Gasteiger partial charge >= 0.3 is 0 Å². The van der Waals surface area contributed by atoms with Crippen LogP contribution in [0, 0.1) is 6.92 Å². The number of likely N-dealkylation sites (tertiary alicyclic amines) is 1. The van der Waals surface area contributed by atoms with Crippen molar-refractivity contribution in [2.75, 3.05) is 33.2 Å². The number of carbonyl (C=O) groups is 1. The smallest absolute Gasteiger partial charge is 0.251 e. The highest BCUT2D eigenvalue weighted by molar-refractivity contribution is 5.94. The summed E-state index contributed by atoms with van der Waals surface area (Å²) in [4.78, 5) is 18.9. The maximum absolute atomic E-state index is 12.2. The Morgan fingerprint density at radius 3 is 2.63 bits per heavy atom. The van der Waals surface area contributed by atoms with Crippen molar-refractivity contribution in [1.29, 1.82) is 0 Å². The first-order valence-electron chi connectivity index (χ1n) is 9.53. The predicted octanol–water partition coefficient (Wildman–Crippen LogP) is 2.79. The first-order chi connectivity index (χ1) is 13.2. The van der Waals surface area contributed by atoms with Crippen LogP contribution in [0.25, 0.3) is 0 Å². The van der Waals surface area contributed by atoms with Gasteiger partial charge in [-0.3, -0.25) is 9.79 Å². The van der Waals surface area contributed by atoms with Crippen molar-refractivity contribution in [3.05, 3.63) is 71.3 Å². The maximum atomic E-state index is 12.2. The molecule has 0 spiro atoms. The molecule has 1 amide bonds. The van der Waals surface area contributed by atoms with Crippen molar-refractivity contribution in [2.24, 2.45) is 4.99 Å². The van der Waals surface area contributed by atoms with Gasteiger partial charge in [-0.25, -0.2) is 0 Å². The van der Waals surface area contributed by atoms with E-state index >= 15 is 0 Å². The highest BCUT2D eigenvalue weighted by Gasteiger charge is 2.25. The van der Waals surface area contributed by atoms with Crippen molar-refractivity contribution < 1.29 is 4.79 Å². The van der Waals surface area contributed by atoms with E-state index in [4.69, 9.17) is 0 Å². The van der Waals surface area contributed by atoms with Gasteiger partial charge in [0.05, 0.1) is 0 Å². The van der Waals surface area contributed by atoms with E-state index in [2.05, 4.69) is 50.9 Å². The zero-order chi connectivity index (χ0) is 19.1. The first-order valence-corrected chi connectivity index (χ1v) is 9.53. The standard InChI is InChI=1S/C22H28N4O/c1-17-7-6-10-19(15-17)21(27)24-12-13-25-22(23-2)26-14-11-20(16-26)18-8-4-3-5-9-18/h3-10,15,20H,11-14,16H2,1-2H3,(H,23,25)(H,24,27). The molecule has 1 atom stereocenters. The SMILES string of the molecule is CN=C(NCCNC(=O)c1cccc(C)c1)N1CCC(c2ccccc2)C1. The molecule has 0 saturated carbocycles. The van der Waals surface area contributed by atoms with E-state index < -0.39 is 0 Å². The molecule has 0 radical (unpaired) electrons. The summed E-state index contributed by atoms with van der Waals surface area (Å²) in [5.74, 6) is 1.41. The van der Waals surface area contributed by atoms with Gasteiger partial charge < -0.3 is 15.5 Å². The van der Waals surface area contributed by atoms with Crippen LogP contribution in [0.1, 0.15) is 33.8 Å². The van der Waals surface area contributed by atoms with Crippen LogP contribution >= 0.6 is 0 Å². The Bertz CT molecular complexity index is 788. The van der Waals surface area contributed by atoms with Crippen molar-refractivity contribution in [3.63, 3.8) is 0 Å². The molecule has 1 aliphatic heterocycles. The van der Waals surface area contributed by atoms with Gasteiger partial charge in [0.25, 0.3) is 5.91 Å². The molecule has 142 valence electrons. The van der Waals surface area contributed by atoms with Gasteiger partial charge in [0.2, 0.25) is 0 Å². The molecule has 1 saturated heterocycles. The molecule has 1 heterocycles. The third kappa shape index (κ3) is 5.09. The summed E-state index contributed by atoms with van der Waals surface area (Å²) in [5, 5.41) is 6.32. The summed E-state index contributed by atoms with van der Waals surface area (Å²) in [6.07, 6.45) is 1.13. The lowest BCUT2D eigenvalue weighted by Gasteiger charge is -2.22. The molecule has 5 heteroatoms. The first kappa shape index (κ1) is 19.0. The lowest BCUT2D eigenvalue weighted by Crippen LogP contribution is -2.43. The number of aliphatic imine (C=N–C) groups is 1. The Morgan fingerprint density at radius 2 is 1.89 bits per heavy atom. The molecule has 2 aromatic rings. The summed E-state index contributed by atoms with van der Waals surface area (Å²) in [6, 6.07) is 18.3. The lowest BCUT2D eigenvalue weighted by atomic mass is 9.99. The topological polar surface area (TPSA) is 56.7 Å². The van der Waals surface area contributed by atoms with Crippen LogP contribution in [0.2, 0.25) is 0 Å². The minimum absolute atomic E-state index is 0.0409. The van der Waals surface area contributed by atoms with Crippen molar-refractivity contribution in [2.45, 2.75) is 19.3 Å². The van der Waals surface area contributed by atoms with Crippen LogP contribution in [0.5, 0.6) is 0 Å². The molecule has 0 bridgehead atoms. The fourth-order valence-corrected chi connectivity index (χ4v) is 3.52. The lowest BCUT2D eigenvalue weighted by molar-refractivity contribution is 0.0954. The fraction of sp³-hybridized carbons (Fsp3) is 0.364. The average molecular weight is 364 g/mol. The Labute approximate surface area is 161 Å². The van der Waals surface area contributed by atoms with E-state index in [1.54, 1.807) is 0 Å². The van der Waals surface area contributed by atoms with E-state index in [0.717, 1.165) is 31.0 Å². The normalized spacial score (nSPS) is 17.0. The third-order valence-corrected chi connectivity index (χ3v) is 4.94. The number of benzene rings is 2. The van der Waals surface area contributed by atoms with Crippen LogP contribution in [-0.4, -0.2) is 50.0 Å². The van der Waals surface area contributed by atoms with Crippen LogP contribution in [0.4, 0.5) is 0 Å². The summed E-state index contributed by atoms with van der Waals surface area (Å²) in [6.45, 7) is 5.16. The summed E-state index contributed by atoms with van der Waals surface area (Å²) in [7, 11) is 1.81. The van der Waals surface area contributed by atoms with E-state index in [1.165, 1.54) is 5.56 Å². The summed E-state index contributed by atoms with van der Waals surface area (Å²) in [5.41, 5.74) is 3.17. The fourth-order valence-electron chi connectivity index (χ4n) is 3.52. The van der Waals surface area contributed by atoms with Gasteiger partial charge in [-0.2, -0.15) is 0 Å². The molecule has 2 aromatic carbocycles. The number of nitrogens with one attached hydrogen (secondary N) is 2. The minimum Gasteiger partial charge on any atom is -0.354 e. The maximum Gasteiger partial charge on any atom is 0.251 e. The van der Waals surface area contributed by atoms with E-state index in [1.807, 2.05) is 38.2 Å². The molecule has 1 aliphatic rings. The number of aryl methyl sites for hydroxylation is 1. The number of nitrogens with zero attached hydrogens (tertiary/aromatic N) is 2. The minimum atomic E-state index is -0.0409. The average Bonchev–Trinajstić information content (AvgIpc) is 3.18. The summed E-state index contributed by atoms with van der Waals surface area (Å²) < 4.78 is 0. The molecule has 0 aromatic heterocycles. The van der Waals surface area contributed by atoms with Crippen LogP contribution in [-0.2, 0) is 0 Å². The molecule has 2 N–H and O–H groups in total. The van der Waals surface area contributed by atoms with Crippen LogP contribution in [0.15, 0.2) is 59.6 Å². The molecule has 1 unspecified atom stereocenters. The van der Waals surface area contributed by atoms with Crippen LogP contribution < -0.4 is 10.6 Å². The monoisotopic (exact) mass is 364 g/mol. The molecular weight excluding hydrogens is 336 g/mol. The van der Waals surface area contributed by atoms with Gasteiger partial charge in [-0.05, 0) is 31.0 Å². The quantitative estimate of drug-likeness (QED) is 0.487. The molecular formula is C22H28N4O. The van der Waals surface area contributed by atoms with Gasteiger partial charge in [-0.1, -0.05) is 48.0 Å². The number of carbonyl (C=O) groups excluding carboxylic acids is 1. The number of hydrogen-bond donors (Lipinski definition) is 2. The zero-order valence-electron chi connectivity index (χ0n) is 16.1. The second kappa shape index (κ2) is 9.21. The van der Waals surface area contributed by atoms with Gasteiger partial charge in [0, 0.05) is 44.7 Å². The van der Waals surface area contributed by atoms with Crippen molar-refractivity contribution in [1.82, 2.24) is 15.5 Å². The Morgan fingerprint density at radius 1 is 1.11 bits per heavy atom. The summed E-state index contributed by atoms with van der Waals surface area (Å²) >= 11 is 0.